The Morgan fingerprint density at radius 1 is 1.32 bits per heavy atom. The zero-order valence-electron chi connectivity index (χ0n) is 22.3. The van der Waals surface area contributed by atoms with Crippen LogP contribution in [0, 0.1) is 12.8 Å². The highest BCUT2D eigenvalue weighted by atomic mass is 35.5. The molecule has 38 heavy (non-hydrogen) atoms. The van der Waals surface area contributed by atoms with Crippen molar-refractivity contribution in [2.75, 3.05) is 17.7 Å². The van der Waals surface area contributed by atoms with Crippen LogP contribution in [0.3, 0.4) is 0 Å². The zero-order valence-corrected chi connectivity index (χ0v) is 24.7. The first kappa shape index (κ1) is 28.4. The fourth-order valence-corrected chi connectivity index (χ4v) is 6.89. The van der Waals surface area contributed by atoms with E-state index in [0.29, 0.717) is 44.8 Å². The van der Waals surface area contributed by atoms with Crippen LogP contribution in [0.25, 0.3) is 0 Å². The summed E-state index contributed by atoms with van der Waals surface area (Å²) in [4.78, 5) is 26.9. The second-order valence-corrected chi connectivity index (χ2v) is 11.8. The van der Waals surface area contributed by atoms with E-state index in [9.17, 15) is 9.59 Å². The fourth-order valence-electron chi connectivity index (χ4n) is 4.50. The van der Waals surface area contributed by atoms with Crippen molar-refractivity contribution in [3.8, 4) is 5.75 Å². The summed E-state index contributed by atoms with van der Waals surface area (Å²) in [5.41, 5.74) is 2.58. The SMILES string of the molecule is CCOC(=O)c1c(NC(=O)CSc2nnc(C(C)Oc3cc(C)ccc3Cl)n2CC)sc2c1CCC(C)C2. The lowest BCUT2D eigenvalue weighted by atomic mass is 9.88. The molecule has 11 heteroatoms. The third-order valence-corrected chi connectivity index (χ3v) is 8.84. The summed E-state index contributed by atoms with van der Waals surface area (Å²) in [5.74, 6) is 1.33. The van der Waals surface area contributed by atoms with Crippen molar-refractivity contribution in [1.82, 2.24) is 14.8 Å². The Morgan fingerprint density at radius 2 is 2.11 bits per heavy atom. The third kappa shape index (κ3) is 6.35. The van der Waals surface area contributed by atoms with Crippen LogP contribution >= 0.6 is 34.7 Å². The number of hydrogen-bond acceptors (Lipinski definition) is 8. The molecule has 2 aromatic heterocycles. The Morgan fingerprint density at radius 3 is 2.84 bits per heavy atom. The first-order valence-corrected chi connectivity index (χ1v) is 15.0. The monoisotopic (exact) mass is 576 g/mol. The first-order chi connectivity index (χ1) is 18.2. The maximum absolute atomic E-state index is 13.0. The van der Waals surface area contributed by atoms with Crippen molar-refractivity contribution in [3.63, 3.8) is 0 Å². The lowest BCUT2D eigenvalue weighted by Gasteiger charge is -2.18. The highest BCUT2D eigenvalue weighted by Crippen LogP contribution is 2.40. The lowest BCUT2D eigenvalue weighted by Crippen LogP contribution is -2.18. The van der Waals surface area contributed by atoms with Crippen LogP contribution in [0.4, 0.5) is 5.00 Å². The number of aryl methyl sites for hydroxylation is 1. The van der Waals surface area contributed by atoms with Crippen molar-refractivity contribution in [2.45, 2.75) is 71.7 Å². The number of benzene rings is 1. The van der Waals surface area contributed by atoms with Gasteiger partial charge in [0.15, 0.2) is 17.1 Å². The molecule has 0 radical (unpaired) electrons. The van der Waals surface area contributed by atoms with Crippen molar-refractivity contribution in [3.05, 3.63) is 50.6 Å². The average molecular weight is 577 g/mol. The normalized spacial score (nSPS) is 15.6. The summed E-state index contributed by atoms with van der Waals surface area (Å²) in [5, 5.41) is 13.3. The number of carbonyl (C=O) groups is 2. The van der Waals surface area contributed by atoms with Crippen LogP contribution in [0.1, 0.15) is 72.4 Å². The number of aromatic nitrogens is 3. The van der Waals surface area contributed by atoms with Crippen molar-refractivity contribution < 1.29 is 19.1 Å². The summed E-state index contributed by atoms with van der Waals surface area (Å²) in [6.07, 6.45) is 2.36. The Hall–Kier alpha value is -2.56. The van der Waals surface area contributed by atoms with Gasteiger partial charge in [0.2, 0.25) is 5.91 Å². The van der Waals surface area contributed by atoms with Gasteiger partial charge in [-0.3, -0.25) is 4.79 Å². The van der Waals surface area contributed by atoms with E-state index in [0.717, 1.165) is 35.3 Å². The number of thiophene rings is 1. The van der Waals surface area contributed by atoms with Gasteiger partial charge < -0.3 is 19.4 Å². The summed E-state index contributed by atoms with van der Waals surface area (Å²) >= 11 is 9.08. The summed E-state index contributed by atoms with van der Waals surface area (Å²) in [6, 6.07) is 5.62. The topological polar surface area (TPSA) is 95.3 Å². The lowest BCUT2D eigenvalue weighted by molar-refractivity contribution is -0.113. The molecule has 0 fully saturated rings. The van der Waals surface area contributed by atoms with E-state index in [4.69, 9.17) is 21.1 Å². The van der Waals surface area contributed by atoms with Crippen LogP contribution in [-0.4, -0.2) is 39.0 Å². The Kier molecular flexibility index (Phi) is 9.38. The second kappa shape index (κ2) is 12.5. The quantitative estimate of drug-likeness (QED) is 0.217. The van der Waals surface area contributed by atoms with Crippen LogP contribution < -0.4 is 10.1 Å². The molecule has 204 valence electrons. The minimum atomic E-state index is -0.392. The second-order valence-electron chi connectivity index (χ2n) is 9.39. The maximum Gasteiger partial charge on any atom is 0.341 e. The molecule has 0 saturated heterocycles. The van der Waals surface area contributed by atoms with Gasteiger partial charge in [0.05, 0.1) is 22.9 Å². The number of rotatable bonds is 10. The van der Waals surface area contributed by atoms with Crippen LogP contribution in [0.2, 0.25) is 5.02 Å². The van der Waals surface area contributed by atoms with Crippen LogP contribution in [-0.2, 0) is 28.9 Å². The molecule has 1 amide bonds. The number of hydrogen-bond donors (Lipinski definition) is 1. The van der Waals surface area contributed by atoms with E-state index in [1.165, 1.54) is 23.1 Å². The van der Waals surface area contributed by atoms with Gasteiger partial charge in [-0.15, -0.1) is 21.5 Å². The number of amides is 1. The molecule has 0 spiro atoms. The molecule has 8 nitrogen and oxygen atoms in total. The smallest absolute Gasteiger partial charge is 0.341 e. The highest BCUT2D eigenvalue weighted by molar-refractivity contribution is 7.99. The molecule has 3 aromatic rings. The third-order valence-electron chi connectivity index (χ3n) is 6.39. The van der Waals surface area contributed by atoms with Gasteiger partial charge in [-0.05, 0) is 76.1 Å². The number of nitrogens with zero attached hydrogens (tertiary/aromatic N) is 3. The molecular formula is C27H33ClN4O4S2. The number of fused-ring (bicyclic) bond motifs is 1. The number of halogens is 1. The molecule has 2 atom stereocenters. The van der Waals surface area contributed by atoms with Crippen LogP contribution in [0.15, 0.2) is 23.4 Å². The number of carbonyl (C=O) groups excluding carboxylic acids is 2. The van der Waals surface area contributed by atoms with Gasteiger partial charge in [0.1, 0.15) is 10.8 Å². The number of ether oxygens (including phenoxy) is 2. The van der Waals surface area contributed by atoms with Crippen molar-refractivity contribution >= 4 is 51.6 Å². The number of anilines is 1. The molecule has 1 N–H and O–H groups in total. The summed E-state index contributed by atoms with van der Waals surface area (Å²) in [7, 11) is 0. The van der Waals surface area contributed by atoms with Gasteiger partial charge in [-0.25, -0.2) is 4.79 Å². The van der Waals surface area contributed by atoms with Crippen LogP contribution in [0.5, 0.6) is 5.75 Å². The highest BCUT2D eigenvalue weighted by Gasteiger charge is 2.29. The minimum Gasteiger partial charge on any atom is -0.481 e. The average Bonchev–Trinajstić information content (AvgIpc) is 3.45. The Bertz CT molecular complexity index is 1320. The van der Waals surface area contributed by atoms with Crippen molar-refractivity contribution in [1.29, 1.82) is 0 Å². The number of esters is 1. The van der Waals surface area contributed by atoms with E-state index in [1.807, 2.05) is 37.5 Å². The van der Waals surface area contributed by atoms with E-state index in [1.54, 1.807) is 13.0 Å². The predicted octanol–water partition coefficient (Wildman–Crippen LogP) is 6.49. The van der Waals surface area contributed by atoms with E-state index >= 15 is 0 Å². The van der Waals surface area contributed by atoms with Gasteiger partial charge in [0, 0.05) is 11.4 Å². The van der Waals surface area contributed by atoms with Gasteiger partial charge in [-0.2, -0.15) is 0 Å². The number of thioether (sulfide) groups is 1. The predicted molar refractivity (Wildman–Crippen MR) is 152 cm³/mol. The Balaban J connectivity index is 1.45. The summed E-state index contributed by atoms with van der Waals surface area (Å²) in [6.45, 7) is 10.8. The molecular weight excluding hydrogens is 544 g/mol. The van der Waals surface area contributed by atoms with E-state index in [2.05, 4.69) is 22.4 Å². The fraction of sp³-hybridized carbons (Fsp3) is 0.481. The Labute approximate surface area is 236 Å². The first-order valence-electron chi connectivity index (χ1n) is 12.8. The van der Waals surface area contributed by atoms with E-state index < -0.39 is 6.10 Å². The maximum atomic E-state index is 13.0. The molecule has 2 heterocycles. The standard InChI is InChI=1S/C27H33ClN4O4S2/c1-6-32-24(17(5)36-20-12-15(3)9-11-19(20)28)30-31-27(32)37-14-22(33)29-25-23(26(34)35-7-2)18-10-8-16(4)13-21(18)38-25/h9,11-12,16-17H,6-8,10,13-14H2,1-5H3,(H,29,33). The largest absolute Gasteiger partial charge is 0.481 e. The van der Waals surface area contributed by atoms with Gasteiger partial charge in [-0.1, -0.05) is 36.4 Å². The molecule has 0 saturated carbocycles. The van der Waals surface area contributed by atoms with E-state index in [-0.39, 0.29) is 24.2 Å². The van der Waals surface area contributed by atoms with Gasteiger partial charge in [0.25, 0.3) is 0 Å². The van der Waals surface area contributed by atoms with Crippen molar-refractivity contribution in [2.24, 2.45) is 5.92 Å². The molecule has 1 aliphatic carbocycles. The molecule has 0 bridgehead atoms. The number of nitrogens with one attached hydrogen (secondary N) is 1. The molecule has 1 aromatic carbocycles. The molecule has 2 unspecified atom stereocenters. The molecule has 0 aliphatic heterocycles. The molecule has 4 rings (SSSR count). The zero-order chi connectivity index (χ0) is 27.4. The van der Waals surface area contributed by atoms with Gasteiger partial charge >= 0.3 is 5.97 Å². The minimum absolute atomic E-state index is 0.123. The molecule has 1 aliphatic rings. The summed E-state index contributed by atoms with van der Waals surface area (Å²) < 4.78 is 13.3.